The van der Waals surface area contributed by atoms with Crippen molar-refractivity contribution in [1.29, 1.82) is 0 Å². The van der Waals surface area contributed by atoms with Crippen LogP contribution in [-0.2, 0) is 12.1 Å². The number of nitrogens with zero attached hydrogens (tertiary/aromatic N) is 3. The molecule has 5 nitrogen and oxygen atoms in total. The van der Waals surface area contributed by atoms with Crippen LogP contribution in [0.4, 0.5) is 0 Å². The standard InChI is InChI=1S/C31H37N3O2/c1-33(2)19-18-31(35,28-17-11-15-24-12-9-10-16-26(24)28)29(25-13-7-6-8-14-25)27-20-23(22-34(3)4)21-32-30(27)36-5/h6-17,20-21,29,35H,18-19,22H2,1-5H3. The summed E-state index contributed by atoms with van der Waals surface area (Å²) in [6.07, 6.45) is 2.40. The van der Waals surface area contributed by atoms with Crippen LogP contribution in [0.2, 0.25) is 0 Å². The molecule has 1 heterocycles. The van der Waals surface area contributed by atoms with Gasteiger partial charge in [-0.1, -0.05) is 72.8 Å². The molecule has 0 radical (unpaired) electrons. The Balaban J connectivity index is 2.02. The Morgan fingerprint density at radius 2 is 1.58 bits per heavy atom. The monoisotopic (exact) mass is 483 g/mol. The molecule has 5 heteroatoms. The van der Waals surface area contributed by atoms with Gasteiger partial charge < -0.3 is 19.6 Å². The van der Waals surface area contributed by atoms with Gasteiger partial charge in [0.1, 0.15) is 5.60 Å². The van der Waals surface area contributed by atoms with E-state index < -0.39 is 11.5 Å². The number of hydrogen-bond donors (Lipinski definition) is 1. The van der Waals surface area contributed by atoms with E-state index in [1.165, 1.54) is 0 Å². The van der Waals surface area contributed by atoms with Gasteiger partial charge in [-0.2, -0.15) is 0 Å². The Labute approximate surface area is 215 Å². The summed E-state index contributed by atoms with van der Waals surface area (Å²) in [5.41, 5.74) is 2.67. The smallest absolute Gasteiger partial charge is 0.216 e. The van der Waals surface area contributed by atoms with E-state index in [0.717, 1.165) is 46.1 Å². The van der Waals surface area contributed by atoms with Crippen LogP contribution < -0.4 is 4.74 Å². The van der Waals surface area contributed by atoms with Gasteiger partial charge in [-0.15, -0.1) is 0 Å². The first-order chi connectivity index (χ1) is 17.3. The quantitative estimate of drug-likeness (QED) is 0.333. The molecule has 4 rings (SSSR count). The van der Waals surface area contributed by atoms with Crippen LogP contribution in [0.5, 0.6) is 5.88 Å². The summed E-state index contributed by atoms with van der Waals surface area (Å²) < 4.78 is 5.81. The Morgan fingerprint density at radius 1 is 0.889 bits per heavy atom. The highest BCUT2D eigenvalue weighted by Crippen LogP contribution is 2.48. The molecule has 0 bridgehead atoms. The van der Waals surface area contributed by atoms with Crippen molar-refractivity contribution in [2.24, 2.45) is 0 Å². The first-order valence-electron chi connectivity index (χ1n) is 12.4. The predicted octanol–water partition coefficient (Wildman–Crippen LogP) is 5.28. The molecule has 0 aliphatic heterocycles. The molecule has 1 aromatic heterocycles. The fourth-order valence-electron chi connectivity index (χ4n) is 5.13. The van der Waals surface area contributed by atoms with Gasteiger partial charge in [0.25, 0.3) is 0 Å². The summed E-state index contributed by atoms with van der Waals surface area (Å²) in [5, 5.41) is 15.1. The van der Waals surface area contributed by atoms with Crippen molar-refractivity contribution in [2.45, 2.75) is 24.5 Å². The van der Waals surface area contributed by atoms with Gasteiger partial charge in [-0.25, -0.2) is 4.98 Å². The third-order valence-electron chi connectivity index (χ3n) is 6.75. The number of benzene rings is 3. The van der Waals surface area contributed by atoms with Crippen LogP contribution in [0.15, 0.2) is 85.1 Å². The van der Waals surface area contributed by atoms with Gasteiger partial charge in [-0.3, -0.25) is 0 Å². The van der Waals surface area contributed by atoms with Gasteiger partial charge in [0.2, 0.25) is 5.88 Å². The molecular formula is C31H37N3O2. The molecule has 0 aliphatic rings. The maximum atomic E-state index is 13.0. The van der Waals surface area contributed by atoms with Gasteiger partial charge >= 0.3 is 0 Å². The fraction of sp³-hybridized carbons (Fsp3) is 0.323. The van der Waals surface area contributed by atoms with E-state index in [-0.39, 0.29) is 0 Å². The summed E-state index contributed by atoms with van der Waals surface area (Å²) in [5.74, 6) is 0.142. The highest BCUT2D eigenvalue weighted by Gasteiger charge is 2.43. The van der Waals surface area contributed by atoms with Crippen molar-refractivity contribution in [1.82, 2.24) is 14.8 Å². The normalized spacial score (nSPS) is 14.2. The molecule has 0 saturated heterocycles. The van der Waals surface area contributed by atoms with Crippen LogP contribution >= 0.6 is 0 Å². The first kappa shape index (κ1) is 25.8. The molecule has 3 aromatic carbocycles. The number of fused-ring (bicyclic) bond motifs is 1. The molecule has 2 atom stereocenters. The van der Waals surface area contributed by atoms with Crippen LogP contribution in [0.3, 0.4) is 0 Å². The maximum absolute atomic E-state index is 13.0. The number of aromatic nitrogens is 1. The van der Waals surface area contributed by atoms with E-state index in [9.17, 15) is 5.11 Å². The number of hydrogen-bond acceptors (Lipinski definition) is 5. The molecule has 4 aromatic rings. The minimum absolute atomic E-state index is 0.394. The highest BCUT2D eigenvalue weighted by atomic mass is 16.5. The van der Waals surface area contributed by atoms with E-state index in [0.29, 0.717) is 12.3 Å². The van der Waals surface area contributed by atoms with Crippen molar-refractivity contribution in [2.75, 3.05) is 41.8 Å². The van der Waals surface area contributed by atoms with Gasteiger partial charge in [-0.05, 0) is 68.1 Å². The van der Waals surface area contributed by atoms with Gasteiger partial charge in [0, 0.05) is 30.8 Å². The second-order valence-corrected chi connectivity index (χ2v) is 10.0. The van der Waals surface area contributed by atoms with Crippen molar-refractivity contribution in [3.8, 4) is 5.88 Å². The Morgan fingerprint density at radius 3 is 2.28 bits per heavy atom. The molecular weight excluding hydrogens is 446 g/mol. The van der Waals surface area contributed by atoms with Crippen LogP contribution in [-0.4, -0.2) is 61.7 Å². The largest absolute Gasteiger partial charge is 0.481 e. The summed E-state index contributed by atoms with van der Waals surface area (Å²) >= 11 is 0. The third kappa shape index (κ3) is 5.44. The van der Waals surface area contributed by atoms with Gasteiger partial charge in [0.15, 0.2) is 0 Å². The Kier molecular flexibility index (Phi) is 8.04. The summed E-state index contributed by atoms with van der Waals surface area (Å²) in [6, 6.07) is 26.9. The molecule has 188 valence electrons. The Bertz CT molecular complexity index is 1280. The van der Waals surface area contributed by atoms with E-state index in [1.54, 1.807) is 7.11 Å². The van der Waals surface area contributed by atoms with Gasteiger partial charge in [0.05, 0.1) is 7.11 Å². The zero-order valence-corrected chi connectivity index (χ0v) is 22.0. The molecule has 1 N–H and O–H groups in total. The molecule has 0 fully saturated rings. The van der Waals surface area contributed by atoms with E-state index in [4.69, 9.17) is 9.72 Å². The van der Waals surface area contributed by atoms with Crippen molar-refractivity contribution in [3.63, 3.8) is 0 Å². The number of aliphatic hydroxyl groups is 1. The summed E-state index contributed by atoms with van der Waals surface area (Å²) in [4.78, 5) is 8.93. The van der Waals surface area contributed by atoms with E-state index in [2.05, 4.69) is 52.3 Å². The molecule has 36 heavy (non-hydrogen) atoms. The SMILES string of the molecule is COc1ncc(CN(C)C)cc1C(c1ccccc1)C(O)(CCN(C)C)c1cccc2ccccc12. The van der Waals surface area contributed by atoms with Crippen molar-refractivity contribution in [3.05, 3.63) is 107 Å². The van der Waals surface area contributed by atoms with Crippen LogP contribution in [0, 0.1) is 0 Å². The summed E-state index contributed by atoms with van der Waals surface area (Å²) in [7, 11) is 9.82. The molecule has 0 saturated carbocycles. The number of methoxy groups -OCH3 is 1. The average Bonchev–Trinajstić information content (AvgIpc) is 2.88. The zero-order valence-electron chi connectivity index (χ0n) is 22.0. The fourth-order valence-corrected chi connectivity index (χ4v) is 5.13. The summed E-state index contributed by atoms with van der Waals surface area (Å²) in [6.45, 7) is 1.46. The molecule has 0 aliphatic carbocycles. The highest BCUT2D eigenvalue weighted by molar-refractivity contribution is 5.86. The zero-order chi connectivity index (χ0) is 25.7. The predicted molar refractivity (Wildman–Crippen MR) is 147 cm³/mol. The first-order valence-corrected chi connectivity index (χ1v) is 12.4. The van der Waals surface area contributed by atoms with Crippen LogP contribution in [0.1, 0.15) is 34.6 Å². The second-order valence-electron chi connectivity index (χ2n) is 10.0. The maximum Gasteiger partial charge on any atom is 0.216 e. The lowest BCUT2D eigenvalue weighted by Gasteiger charge is -2.39. The lowest BCUT2D eigenvalue weighted by Crippen LogP contribution is -2.38. The number of ether oxygens (including phenoxy) is 1. The van der Waals surface area contributed by atoms with E-state index >= 15 is 0 Å². The minimum Gasteiger partial charge on any atom is -0.481 e. The third-order valence-corrected chi connectivity index (χ3v) is 6.75. The lowest BCUT2D eigenvalue weighted by molar-refractivity contribution is 0.00512. The van der Waals surface area contributed by atoms with E-state index in [1.807, 2.05) is 70.8 Å². The number of rotatable bonds is 10. The second kappa shape index (κ2) is 11.2. The van der Waals surface area contributed by atoms with Crippen LogP contribution in [0.25, 0.3) is 10.8 Å². The Hall–Kier alpha value is -3.25. The molecule has 0 amide bonds. The molecule has 0 spiro atoms. The van der Waals surface area contributed by atoms with Crippen molar-refractivity contribution < 1.29 is 9.84 Å². The number of pyridine rings is 1. The topological polar surface area (TPSA) is 48.8 Å². The van der Waals surface area contributed by atoms with Crippen molar-refractivity contribution >= 4 is 10.8 Å². The minimum atomic E-state index is -1.22. The lowest BCUT2D eigenvalue weighted by atomic mass is 9.70. The molecule has 2 unspecified atom stereocenters. The average molecular weight is 484 g/mol.